The first-order chi connectivity index (χ1) is 10.3. The molecule has 0 bridgehead atoms. The maximum Gasteiger partial charge on any atom is 0.0406 e. The van der Waals surface area contributed by atoms with Gasteiger partial charge in [0.15, 0.2) is 0 Å². The molecule has 0 unspecified atom stereocenters. The molecule has 0 spiro atoms. The fraction of sp³-hybridized carbons (Fsp3) is 0.200. The van der Waals surface area contributed by atoms with Gasteiger partial charge in [0.1, 0.15) is 0 Å². The smallest absolute Gasteiger partial charge is 0.0406 e. The molecule has 0 amide bonds. The molecule has 0 atom stereocenters. The second kappa shape index (κ2) is 8.35. The Balaban J connectivity index is 1.93. The topological polar surface area (TPSA) is 0 Å². The van der Waals surface area contributed by atoms with Gasteiger partial charge in [-0.3, -0.25) is 0 Å². The average Bonchev–Trinajstić information content (AvgIpc) is 2.52. The molecule has 0 saturated carbocycles. The first-order valence-corrected chi connectivity index (χ1v) is 7.63. The predicted octanol–water partition coefficient (Wildman–Crippen LogP) is 5.64. The number of halogens is 1. The van der Waals surface area contributed by atoms with Gasteiger partial charge in [0.05, 0.1) is 0 Å². The van der Waals surface area contributed by atoms with Crippen LogP contribution in [0.5, 0.6) is 0 Å². The summed E-state index contributed by atoms with van der Waals surface area (Å²) in [6.45, 7) is 3.74. The lowest BCUT2D eigenvalue weighted by molar-refractivity contribution is 0.748. The van der Waals surface area contributed by atoms with Crippen molar-refractivity contribution < 1.29 is 0 Å². The number of benzene rings is 2. The molecule has 2 aromatic carbocycles. The molecule has 21 heavy (non-hydrogen) atoms. The molecule has 0 radical (unpaired) electrons. The lowest BCUT2D eigenvalue weighted by Crippen LogP contribution is -1.85. The Morgan fingerprint density at radius 1 is 0.857 bits per heavy atom. The SMILES string of the molecule is C=CCCCCc1ccc(C#Cc2ccc(Cl)cc2)cc1. The highest BCUT2D eigenvalue weighted by Gasteiger charge is 1.94. The average molecular weight is 295 g/mol. The van der Waals surface area contributed by atoms with Crippen molar-refractivity contribution in [1.82, 2.24) is 0 Å². The molecule has 0 aliphatic heterocycles. The highest BCUT2D eigenvalue weighted by molar-refractivity contribution is 6.30. The largest absolute Gasteiger partial charge is 0.103 e. The highest BCUT2D eigenvalue weighted by Crippen LogP contribution is 2.10. The molecule has 0 nitrogen and oxygen atoms in total. The van der Waals surface area contributed by atoms with E-state index >= 15 is 0 Å². The fourth-order valence-electron chi connectivity index (χ4n) is 2.05. The zero-order chi connectivity index (χ0) is 14.9. The van der Waals surface area contributed by atoms with Crippen LogP contribution in [0.1, 0.15) is 36.0 Å². The second-order valence-corrected chi connectivity index (χ2v) is 5.42. The molecule has 2 rings (SSSR count). The van der Waals surface area contributed by atoms with E-state index in [1.54, 1.807) is 0 Å². The Labute approximate surface area is 132 Å². The van der Waals surface area contributed by atoms with E-state index in [9.17, 15) is 0 Å². The summed E-state index contributed by atoms with van der Waals surface area (Å²) in [7, 11) is 0. The Morgan fingerprint density at radius 2 is 1.43 bits per heavy atom. The van der Waals surface area contributed by atoms with E-state index in [1.807, 2.05) is 30.3 Å². The maximum absolute atomic E-state index is 5.85. The van der Waals surface area contributed by atoms with Crippen molar-refractivity contribution in [3.8, 4) is 11.8 Å². The van der Waals surface area contributed by atoms with E-state index in [2.05, 4.69) is 42.7 Å². The van der Waals surface area contributed by atoms with Crippen LogP contribution in [0, 0.1) is 11.8 Å². The third-order valence-electron chi connectivity index (χ3n) is 3.27. The molecule has 0 aliphatic rings. The van der Waals surface area contributed by atoms with Gasteiger partial charge in [0.25, 0.3) is 0 Å². The molecule has 1 heteroatoms. The Kier molecular flexibility index (Phi) is 6.13. The van der Waals surface area contributed by atoms with Crippen LogP contribution < -0.4 is 0 Å². The van der Waals surface area contributed by atoms with Crippen LogP contribution in [-0.2, 0) is 6.42 Å². The summed E-state index contributed by atoms with van der Waals surface area (Å²) in [4.78, 5) is 0. The van der Waals surface area contributed by atoms with Gasteiger partial charge >= 0.3 is 0 Å². The lowest BCUT2D eigenvalue weighted by atomic mass is 10.1. The number of hydrogen-bond acceptors (Lipinski definition) is 0. The zero-order valence-corrected chi connectivity index (χ0v) is 12.9. The van der Waals surface area contributed by atoms with Crippen molar-refractivity contribution in [2.45, 2.75) is 25.7 Å². The van der Waals surface area contributed by atoms with Crippen molar-refractivity contribution in [2.75, 3.05) is 0 Å². The number of aryl methyl sites for hydroxylation is 1. The van der Waals surface area contributed by atoms with E-state index in [0.29, 0.717) is 0 Å². The summed E-state index contributed by atoms with van der Waals surface area (Å²) < 4.78 is 0. The first-order valence-electron chi connectivity index (χ1n) is 7.25. The molecule has 0 N–H and O–H groups in total. The highest BCUT2D eigenvalue weighted by atomic mass is 35.5. The second-order valence-electron chi connectivity index (χ2n) is 4.99. The molecule has 0 aliphatic carbocycles. The van der Waals surface area contributed by atoms with Gasteiger partial charge in [-0.1, -0.05) is 41.7 Å². The molecule has 0 saturated heterocycles. The zero-order valence-electron chi connectivity index (χ0n) is 12.1. The number of unbranched alkanes of at least 4 members (excludes halogenated alkanes) is 2. The third-order valence-corrected chi connectivity index (χ3v) is 3.53. The molecule has 0 fully saturated rings. The maximum atomic E-state index is 5.85. The van der Waals surface area contributed by atoms with Gasteiger partial charge in [-0.15, -0.1) is 6.58 Å². The minimum Gasteiger partial charge on any atom is -0.103 e. The molecule has 106 valence electrons. The summed E-state index contributed by atoms with van der Waals surface area (Å²) in [5.74, 6) is 6.33. The molecular formula is C20H19Cl. The van der Waals surface area contributed by atoms with Crippen molar-refractivity contribution >= 4 is 11.6 Å². The predicted molar refractivity (Wildman–Crippen MR) is 91.6 cm³/mol. The monoisotopic (exact) mass is 294 g/mol. The van der Waals surface area contributed by atoms with E-state index in [0.717, 1.165) is 29.0 Å². The third kappa shape index (κ3) is 5.50. The van der Waals surface area contributed by atoms with Crippen molar-refractivity contribution in [1.29, 1.82) is 0 Å². The van der Waals surface area contributed by atoms with Crippen LogP contribution in [0.2, 0.25) is 5.02 Å². The van der Waals surface area contributed by atoms with Crippen LogP contribution in [0.15, 0.2) is 61.2 Å². The van der Waals surface area contributed by atoms with E-state index in [4.69, 9.17) is 11.6 Å². The lowest BCUT2D eigenvalue weighted by Gasteiger charge is -2.00. The normalized spacial score (nSPS) is 9.76. The Hall–Kier alpha value is -1.97. The summed E-state index contributed by atoms with van der Waals surface area (Å²) in [6.07, 6.45) is 6.63. The Morgan fingerprint density at radius 3 is 2.00 bits per heavy atom. The molecule has 0 aromatic heterocycles. The van der Waals surface area contributed by atoms with Gasteiger partial charge in [-0.2, -0.15) is 0 Å². The van der Waals surface area contributed by atoms with E-state index in [-0.39, 0.29) is 0 Å². The van der Waals surface area contributed by atoms with Gasteiger partial charge in [-0.25, -0.2) is 0 Å². The minimum atomic E-state index is 0.737. The quantitative estimate of drug-likeness (QED) is 0.380. The fourth-order valence-corrected chi connectivity index (χ4v) is 2.18. The molecular weight excluding hydrogens is 276 g/mol. The first kappa shape index (κ1) is 15.4. The number of rotatable bonds is 5. The van der Waals surface area contributed by atoms with E-state index in [1.165, 1.54) is 18.4 Å². The van der Waals surface area contributed by atoms with Gasteiger partial charge in [-0.05, 0) is 67.6 Å². The minimum absolute atomic E-state index is 0.737. The van der Waals surface area contributed by atoms with Crippen molar-refractivity contribution in [2.24, 2.45) is 0 Å². The van der Waals surface area contributed by atoms with Crippen LogP contribution in [-0.4, -0.2) is 0 Å². The number of hydrogen-bond donors (Lipinski definition) is 0. The standard InChI is InChI=1S/C20H19Cl/c1-2-3-4-5-6-17-7-9-18(10-8-17)11-12-19-13-15-20(21)16-14-19/h2,7-10,13-16H,1,3-6H2. The van der Waals surface area contributed by atoms with Crippen LogP contribution in [0.3, 0.4) is 0 Å². The van der Waals surface area contributed by atoms with Gasteiger partial charge in [0.2, 0.25) is 0 Å². The van der Waals surface area contributed by atoms with Crippen LogP contribution >= 0.6 is 11.6 Å². The number of allylic oxidation sites excluding steroid dienone is 1. The summed E-state index contributed by atoms with van der Waals surface area (Å²) in [5, 5.41) is 0.737. The van der Waals surface area contributed by atoms with Crippen molar-refractivity contribution in [3.05, 3.63) is 82.9 Å². The van der Waals surface area contributed by atoms with Gasteiger partial charge < -0.3 is 0 Å². The summed E-state index contributed by atoms with van der Waals surface area (Å²) in [6, 6.07) is 16.1. The Bertz CT molecular complexity index is 624. The van der Waals surface area contributed by atoms with Gasteiger partial charge in [0, 0.05) is 16.1 Å². The summed E-state index contributed by atoms with van der Waals surface area (Å²) >= 11 is 5.85. The van der Waals surface area contributed by atoms with Crippen LogP contribution in [0.25, 0.3) is 0 Å². The van der Waals surface area contributed by atoms with Crippen molar-refractivity contribution in [3.63, 3.8) is 0 Å². The molecule has 0 heterocycles. The van der Waals surface area contributed by atoms with E-state index < -0.39 is 0 Å². The summed E-state index contributed by atoms with van der Waals surface area (Å²) in [5.41, 5.74) is 3.39. The van der Waals surface area contributed by atoms with Crippen LogP contribution in [0.4, 0.5) is 0 Å². The molecule has 2 aromatic rings.